The van der Waals surface area contributed by atoms with Gasteiger partial charge in [-0.3, -0.25) is 28.8 Å². The zero-order valence-electron chi connectivity index (χ0n) is 27.1. The molecule has 1 heterocycles. The first kappa shape index (κ1) is 35.7. The molecule has 13 heteroatoms. The Labute approximate surface area is 262 Å². The number of fused-ring (bicyclic) bond motifs is 2. The minimum atomic E-state index is -2.24. The Balaban J connectivity index is 2.46. The van der Waals surface area contributed by atoms with Crippen molar-refractivity contribution in [3.63, 3.8) is 0 Å². The van der Waals surface area contributed by atoms with Crippen LogP contribution in [-0.2, 0) is 57.2 Å². The SMILES string of the molecule is CCCC(=O)O[C@@H]1C[C@@H](OC(C)=O)[C@@]2(C)[C@@H](OC(C)=O)CC=C(C)[C@@H]2[C@@H](OC(C)=O)[C@@]2(O)[C@H](/C=C\1COC(C)=O)OC(=O)[C@@H]2C. The highest BCUT2D eigenvalue weighted by Crippen LogP contribution is 2.55. The Kier molecular flexibility index (Phi) is 11.2. The molecule has 1 saturated heterocycles. The van der Waals surface area contributed by atoms with Crippen molar-refractivity contribution in [2.24, 2.45) is 17.3 Å². The van der Waals surface area contributed by atoms with Crippen LogP contribution in [0.15, 0.2) is 23.3 Å². The van der Waals surface area contributed by atoms with Crippen LogP contribution in [0.4, 0.5) is 0 Å². The third kappa shape index (κ3) is 7.40. The van der Waals surface area contributed by atoms with Crippen LogP contribution in [0.3, 0.4) is 0 Å². The highest BCUT2D eigenvalue weighted by molar-refractivity contribution is 5.78. The Bertz CT molecular complexity index is 1270. The molecule has 0 saturated carbocycles. The van der Waals surface area contributed by atoms with Gasteiger partial charge in [0.25, 0.3) is 0 Å². The first-order valence-electron chi connectivity index (χ1n) is 15.1. The molecule has 0 radical (unpaired) electrons. The predicted molar refractivity (Wildman–Crippen MR) is 155 cm³/mol. The summed E-state index contributed by atoms with van der Waals surface area (Å²) in [5, 5.41) is 12.6. The first-order chi connectivity index (χ1) is 21.0. The van der Waals surface area contributed by atoms with Crippen molar-refractivity contribution in [2.75, 3.05) is 6.61 Å². The molecule has 0 unspecified atom stereocenters. The van der Waals surface area contributed by atoms with Crippen LogP contribution in [-0.4, -0.2) is 83.7 Å². The fraction of sp³-hybridized carbons (Fsp3) is 0.688. The largest absolute Gasteiger partial charge is 0.462 e. The lowest BCUT2D eigenvalue weighted by atomic mass is 9.56. The number of carbonyl (C=O) groups is 6. The summed E-state index contributed by atoms with van der Waals surface area (Å²) >= 11 is 0. The molecule has 250 valence electrons. The van der Waals surface area contributed by atoms with E-state index in [0.717, 1.165) is 6.92 Å². The molecule has 3 rings (SSSR count). The van der Waals surface area contributed by atoms with E-state index in [2.05, 4.69) is 0 Å². The summed E-state index contributed by atoms with van der Waals surface area (Å²) in [6.07, 6.45) is -2.77. The molecular weight excluding hydrogens is 592 g/mol. The van der Waals surface area contributed by atoms with Crippen molar-refractivity contribution in [2.45, 2.75) is 117 Å². The number of ether oxygens (including phenoxy) is 6. The monoisotopic (exact) mass is 636 g/mol. The number of rotatable bonds is 8. The lowest BCUT2D eigenvalue weighted by molar-refractivity contribution is -0.218. The highest BCUT2D eigenvalue weighted by atomic mass is 16.6. The summed E-state index contributed by atoms with van der Waals surface area (Å²) in [6, 6.07) is 0. The van der Waals surface area contributed by atoms with Crippen LogP contribution < -0.4 is 0 Å². The van der Waals surface area contributed by atoms with E-state index in [4.69, 9.17) is 28.4 Å². The van der Waals surface area contributed by atoms with Gasteiger partial charge in [0.1, 0.15) is 31.0 Å². The second-order valence-corrected chi connectivity index (χ2v) is 12.2. The maximum absolute atomic E-state index is 13.2. The van der Waals surface area contributed by atoms with Crippen LogP contribution in [0.25, 0.3) is 0 Å². The Morgan fingerprint density at radius 3 is 2.11 bits per heavy atom. The quantitative estimate of drug-likeness (QED) is 0.234. The Hall–Kier alpha value is -3.74. The van der Waals surface area contributed by atoms with Gasteiger partial charge in [-0.25, -0.2) is 0 Å². The van der Waals surface area contributed by atoms with E-state index in [1.807, 2.05) is 0 Å². The number of hydrogen-bond acceptors (Lipinski definition) is 13. The van der Waals surface area contributed by atoms with Crippen LogP contribution in [0.2, 0.25) is 0 Å². The fourth-order valence-corrected chi connectivity index (χ4v) is 6.80. The summed E-state index contributed by atoms with van der Waals surface area (Å²) in [7, 11) is 0. The van der Waals surface area contributed by atoms with Crippen molar-refractivity contribution < 1.29 is 62.3 Å². The lowest BCUT2D eigenvalue weighted by Gasteiger charge is -2.55. The van der Waals surface area contributed by atoms with Crippen molar-refractivity contribution in [1.82, 2.24) is 0 Å². The van der Waals surface area contributed by atoms with E-state index in [0.29, 0.717) is 12.0 Å². The van der Waals surface area contributed by atoms with Gasteiger partial charge in [0.15, 0.2) is 11.7 Å². The molecule has 0 spiro atoms. The summed E-state index contributed by atoms with van der Waals surface area (Å²) in [6.45, 7) is 10.9. The second kappa shape index (κ2) is 14.1. The van der Waals surface area contributed by atoms with E-state index in [-0.39, 0.29) is 24.8 Å². The average molecular weight is 637 g/mol. The van der Waals surface area contributed by atoms with Crippen molar-refractivity contribution in [3.05, 3.63) is 23.3 Å². The van der Waals surface area contributed by atoms with Crippen LogP contribution in [0, 0.1) is 17.3 Å². The molecular formula is C32H44O13. The predicted octanol–water partition coefficient (Wildman–Crippen LogP) is 2.65. The molecule has 0 amide bonds. The van der Waals surface area contributed by atoms with Gasteiger partial charge in [-0.2, -0.15) is 0 Å². The lowest BCUT2D eigenvalue weighted by Crippen LogP contribution is -2.65. The minimum Gasteiger partial charge on any atom is -0.462 e. The second-order valence-electron chi connectivity index (χ2n) is 12.2. The zero-order chi connectivity index (χ0) is 33.9. The number of carbonyl (C=O) groups excluding carboxylic acids is 6. The van der Waals surface area contributed by atoms with Gasteiger partial charge >= 0.3 is 35.8 Å². The standard InChI is InChI=1S/C32H44O13/c1-9-10-27(37)44-23-14-25(42-20(6)35)31(8)24(41-19(5)34)12-11-16(2)28(31)29(43-21(7)36)32(39)17(3)30(38)45-26(32)13-22(23)15-40-18(4)33/h11,13,17,23-26,28-29,39H,9-10,12,14-15H2,1-8H3/b22-13-/t17-,23+,24-,25+,26-,28+,29+,31+,32-/m0/s1. The molecule has 0 bridgehead atoms. The summed E-state index contributed by atoms with van der Waals surface area (Å²) < 4.78 is 34.5. The number of esters is 6. The summed E-state index contributed by atoms with van der Waals surface area (Å²) in [4.78, 5) is 75.8. The Morgan fingerprint density at radius 2 is 1.56 bits per heavy atom. The van der Waals surface area contributed by atoms with E-state index >= 15 is 0 Å². The van der Waals surface area contributed by atoms with Crippen LogP contribution in [0.1, 0.15) is 81.1 Å². The molecule has 0 aromatic heterocycles. The van der Waals surface area contributed by atoms with Gasteiger partial charge < -0.3 is 33.5 Å². The molecule has 0 aromatic carbocycles. The van der Waals surface area contributed by atoms with Gasteiger partial charge in [0.05, 0.1) is 11.3 Å². The fourth-order valence-electron chi connectivity index (χ4n) is 6.80. The molecule has 0 aromatic rings. The molecule has 1 N–H and O–H groups in total. The van der Waals surface area contributed by atoms with Gasteiger partial charge in [-0.05, 0) is 26.3 Å². The number of hydrogen-bond donors (Lipinski definition) is 1. The summed E-state index contributed by atoms with van der Waals surface area (Å²) in [5.41, 5.74) is -2.94. The topological polar surface area (TPSA) is 178 Å². The molecule has 1 aliphatic heterocycles. The van der Waals surface area contributed by atoms with Crippen molar-refractivity contribution in [1.29, 1.82) is 0 Å². The number of aliphatic hydroxyl groups is 1. The Morgan fingerprint density at radius 1 is 0.956 bits per heavy atom. The molecule has 3 aliphatic rings. The van der Waals surface area contributed by atoms with Gasteiger partial charge in [-0.15, -0.1) is 0 Å². The summed E-state index contributed by atoms with van der Waals surface area (Å²) in [5.74, 6) is -6.44. The van der Waals surface area contributed by atoms with E-state index in [1.165, 1.54) is 33.8 Å². The minimum absolute atomic E-state index is 0.0430. The van der Waals surface area contributed by atoms with E-state index < -0.39 is 95.8 Å². The van der Waals surface area contributed by atoms with Gasteiger partial charge in [0.2, 0.25) is 0 Å². The van der Waals surface area contributed by atoms with Crippen LogP contribution >= 0.6 is 0 Å². The molecule has 45 heavy (non-hydrogen) atoms. The highest BCUT2D eigenvalue weighted by Gasteiger charge is 2.67. The van der Waals surface area contributed by atoms with Gasteiger partial charge in [0, 0.05) is 58.4 Å². The van der Waals surface area contributed by atoms with Crippen LogP contribution in [0.5, 0.6) is 0 Å². The maximum Gasteiger partial charge on any atom is 0.312 e. The van der Waals surface area contributed by atoms with Crippen molar-refractivity contribution in [3.8, 4) is 0 Å². The average Bonchev–Trinajstić information content (AvgIpc) is 3.14. The van der Waals surface area contributed by atoms with E-state index in [9.17, 15) is 33.9 Å². The molecule has 1 fully saturated rings. The first-order valence-corrected chi connectivity index (χ1v) is 15.1. The third-order valence-corrected chi connectivity index (χ3v) is 8.99. The molecule has 2 aliphatic carbocycles. The zero-order valence-corrected chi connectivity index (χ0v) is 27.1. The van der Waals surface area contributed by atoms with E-state index in [1.54, 1.807) is 26.8 Å². The smallest absolute Gasteiger partial charge is 0.312 e. The van der Waals surface area contributed by atoms with Gasteiger partial charge in [-0.1, -0.05) is 25.5 Å². The molecule has 13 nitrogen and oxygen atoms in total. The maximum atomic E-state index is 13.2. The van der Waals surface area contributed by atoms with Crippen molar-refractivity contribution >= 4 is 35.8 Å². The third-order valence-electron chi connectivity index (χ3n) is 8.99. The molecule has 9 atom stereocenters. The normalized spacial score (nSPS) is 35.6.